The molecule has 246 valence electrons. The number of likely N-dealkylation sites (tertiary alicyclic amines) is 1. The molecular formula is C33H53N5O6. The lowest BCUT2D eigenvalue weighted by molar-refractivity contribution is -0.144. The molecule has 0 aromatic carbocycles. The van der Waals surface area contributed by atoms with Gasteiger partial charge in [-0.1, -0.05) is 67.4 Å². The van der Waals surface area contributed by atoms with E-state index in [0.29, 0.717) is 19.4 Å². The molecule has 0 spiro atoms. The van der Waals surface area contributed by atoms with Crippen LogP contribution >= 0.6 is 0 Å². The van der Waals surface area contributed by atoms with Crippen molar-refractivity contribution in [3.05, 3.63) is 12.7 Å². The molecule has 5 amide bonds. The summed E-state index contributed by atoms with van der Waals surface area (Å²) in [6.07, 6.45) is 5.94. The van der Waals surface area contributed by atoms with Crippen molar-refractivity contribution in [2.45, 2.75) is 111 Å². The van der Waals surface area contributed by atoms with E-state index in [1.54, 1.807) is 0 Å². The average molecular weight is 616 g/mol. The number of nitrogens with zero attached hydrogens (tertiary/aromatic N) is 1. The second kappa shape index (κ2) is 14.7. The molecule has 0 aromatic heterocycles. The monoisotopic (exact) mass is 615 g/mol. The Morgan fingerprint density at radius 1 is 0.909 bits per heavy atom. The van der Waals surface area contributed by atoms with E-state index in [1.165, 1.54) is 11.0 Å². The van der Waals surface area contributed by atoms with Gasteiger partial charge in [0.05, 0.1) is 12.1 Å². The zero-order valence-corrected chi connectivity index (χ0v) is 27.5. The number of hydrogen-bond acceptors (Lipinski definition) is 6. The molecule has 11 nitrogen and oxygen atoms in total. The predicted molar refractivity (Wildman–Crippen MR) is 167 cm³/mol. The number of urea groups is 1. The average Bonchev–Trinajstić information content (AvgIpc) is 3.89. The van der Waals surface area contributed by atoms with E-state index < -0.39 is 59.1 Å². The predicted octanol–water partition coefficient (Wildman–Crippen LogP) is 2.73. The van der Waals surface area contributed by atoms with Crippen LogP contribution in [0.15, 0.2) is 12.7 Å². The first-order chi connectivity index (χ1) is 20.6. The summed E-state index contributed by atoms with van der Waals surface area (Å²) in [6, 6.07) is -4.11. The van der Waals surface area contributed by atoms with E-state index in [4.69, 9.17) is 0 Å². The van der Waals surface area contributed by atoms with Crippen molar-refractivity contribution in [1.82, 2.24) is 26.2 Å². The molecule has 3 rings (SSSR count). The van der Waals surface area contributed by atoms with Gasteiger partial charge < -0.3 is 26.2 Å². The summed E-state index contributed by atoms with van der Waals surface area (Å²) >= 11 is 0. The van der Waals surface area contributed by atoms with Gasteiger partial charge in [-0.05, 0) is 54.8 Å². The first-order valence-corrected chi connectivity index (χ1v) is 16.2. The molecule has 1 heterocycles. The van der Waals surface area contributed by atoms with Crippen LogP contribution in [0.3, 0.4) is 0 Å². The van der Waals surface area contributed by atoms with Gasteiger partial charge in [-0.25, -0.2) is 4.79 Å². The summed E-state index contributed by atoms with van der Waals surface area (Å²) in [4.78, 5) is 81.3. The highest BCUT2D eigenvalue weighted by Gasteiger charge is 2.48. The highest BCUT2D eigenvalue weighted by molar-refractivity contribution is 6.38. The van der Waals surface area contributed by atoms with Gasteiger partial charge in [-0.3, -0.25) is 24.0 Å². The van der Waals surface area contributed by atoms with Crippen LogP contribution in [-0.4, -0.2) is 77.5 Å². The molecule has 44 heavy (non-hydrogen) atoms. The largest absolute Gasteiger partial charge is 0.346 e. The molecular weight excluding hydrogens is 562 g/mol. The van der Waals surface area contributed by atoms with E-state index in [9.17, 15) is 28.8 Å². The standard InChI is InChI=1S/C33H53N5O6/c1-9-15-34-30(42)27(40)23(17-20-10-11-20)35-29(41)25-22(18(2)3)14-16-38(25)31(43)28(33(6,7)8)37-32(44)36-24(19(4)5)26(39)21-12-13-21/h9,18-25,28H,1,10-17H2,2-8H3,(H,34,42)(H,35,41)(H2,36,37,44). The Morgan fingerprint density at radius 3 is 2.05 bits per heavy atom. The van der Waals surface area contributed by atoms with Crippen LogP contribution < -0.4 is 21.3 Å². The normalized spacial score (nSPS) is 22.2. The number of Topliss-reactive ketones (excluding diaryl/α,β-unsaturated/α-hetero) is 2. The van der Waals surface area contributed by atoms with Crippen LogP contribution in [0.5, 0.6) is 0 Å². The first-order valence-electron chi connectivity index (χ1n) is 16.2. The van der Waals surface area contributed by atoms with Crippen LogP contribution in [-0.2, 0) is 24.0 Å². The van der Waals surface area contributed by atoms with Crippen molar-refractivity contribution in [1.29, 1.82) is 0 Å². The number of carbonyl (C=O) groups excluding carboxylic acids is 6. The van der Waals surface area contributed by atoms with Gasteiger partial charge in [-0.2, -0.15) is 0 Å². The summed E-state index contributed by atoms with van der Waals surface area (Å²) in [6.45, 7) is 17.2. The van der Waals surface area contributed by atoms with Crippen LogP contribution in [0.25, 0.3) is 0 Å². The van der Waals surface area contributed by atoms with Gasteiger partial charge in [0.15, 0.2) is 5.78 Å². The van der Waals surface area contributed by atoms with E-state index in [1.807, 2.05) is 48.5 Å². The van der Waals surface area contributed by atoms with Crippen molar-refractivity contribution in [3.8, 4) is 0 Å². The molecule has 0 aromatic rings. The van der Waals surface area contributed by atoms with Gasteiger partial charge in [0.2, 0.25) is 17.6 Å². The molecule has 11 heteroatoms. The molecule has 4 N–H and O–H groups in total. The number of nitrogens with one attached hydrogen (secondary N) is 4. The smallest absolute Gasteiger partial charge is 0.316 e. The van der Waals surface area contributed by atoms with Crippen molar-refractivity contribution in [3.63, 3.8) is 0 Å². The van der Waals surface area contributed by atoms with Crippen LogP contribution in [0.4, 0.5) is 4.79 Å². The summed E-state index contributed by atoms with van der Waals surface area (Å²) in [5, 5.41) is 11.0. The molecule has 3 fully saturated rings. The maximum absolute atomic E-state index is 14.2. The molecule has 5 unspecified atom stereocenters. The zero-order valence-electron chi connectivity index (χ0n) is 27.5. The minimum absolute atomic E-state index is 0.0123. The van der Waals surface area contributed by atoms with Crippen LogP contribution in [0.1, 0.15) is 87.0 Å². The summed E-state index contributed by atoms with van der Waals surface area (Å²) in [5.41, 5.74) is -0.715. The van der Waals surface area contributed by atoms with Crippen molar-refractivity contribution >= 4 is 35.3 Å². The molecule has 5 atom stereocenters. The molecule has 0 radical (unpaired) electrons. The Kier molecular flexibility index (Phi) is 11.8. The highest BCUT2D eigenvalue weighted by atomic mass is 16.2. The fourth-order valence-electron chi connectivity index (χ4n) is 6.00. The Balaban J connectivity index is 1.81. The lowest BCUT2D eigenvalue weighted by Crippen LogP contribution is -2.62. The maximum atomic E-state index is 14.2. The van der Waals surface area contributed by atoms with E-state index in [0.717, 1.165) is 25.7 Å². The fraction of sp³-hybridized carbons (Fsp3) is 0.758. The SMILES string of the molecule is C=CCNC(=O)C(=O)C(CC1CC1)NC(=O)C1C(C(C)C)CCN1C(=O)C(NC(=O)NC(C(=O)C1CC1)C(C)C)C(C)(C)C. The summed E-state index contributed by atoms with van der Waals surface area (Å²) < 4.78 is 0. The summed E-state index contributed by atoms with van der Waals surface area (Å²) in [7, 11) is 0. The second-order valence-electron chi connectivity index (χ2n) is 14.6. The highest BCUT2D eigenvalue weighted by Crippen LogP contribution is 2.36. The van der Waals surface area contributed by atoms with Gasteiger partial charge in [0.1, 0.15) is 12.1 Å². The van der Waals surface area contributed by atoms with Crippen LogP contribution in [0, 0.1) is 35.0 Å². The van der Waals surface area contributed by atoms with Gasteiger partial charge in [0, 0.05) is 19.0 Å². The molecule has 2 aliphatic carbocycles. The lowest BCUT2D eigenvalue weighted by atomic mass is 9.84. The van der Waals surface area contributed by atoms with Crippen LogP contribution in [0.2, 0.25) is 0 Å². The molecule has 0 bridgehead atoms. The molecule has 1 aliphatic heterocycles. The minimum atomic E-state index is -0.996. The van der Waals surface area contributed by atoms with Crippen molar-refractivity contribution in [2.24, 2.45) is 35.0 Å². The van der Waals surface area contributed by atoms with Gasteiger partial charge in [0.25, 0.3) is 5.91 Å². The third-order valence-corrected chi connectivity index (χ3v) is 9.01. The third kappa shape index (κ3) is 9.14. The van der Waals surface area contributed by atoms with Gasteiger partial charge >= 0.3 is 6.03 Å². The zero-order chi connectivity index (χ0) is 32.9. The Hall–Kier alpha value is -3.24. The lowest BCUT2D eigenvalue weighted by Gasteiger charge is -2.37. The first kappa shape index (κ1) is 35.2. The number of carbonyl (C=O) groups is 6. The molecule has 2 saturated carbocycles. The maximum Gasteiger partial charge on any atom is 0.316 e. The molecule has 1 saturated heterocycles. The Morgan fingerprint density at radius 2 is 1.55 bits per heavy atom. The Bertz CT molecular complexity index is 1120. The van der Waals surface area contributed by atoms with Gasteiger partial charge in [-0.15, -0.1) is 6.58 Å². The number of hydrogen-bond donors (Lipinski definition) is 4. The van der Waals surface area contributed by atoms with E-state index in [2.05, 4.69) is 27.8 Å². The second-order valence-corrected chi connectivity index (χ2v) is 14.6. The quantitative estimate of drug-likeness (QED) is 0.164. The molecule has 3 aliphatic rings. The fourth-order valence-corrected chi connectivity index (χ4v) is 6.00. The third-order valence-electron chi connectivity index (χ3n) is 9.01. The summed E-state index contributed by atoms with van der Waals surface area (Å²) in [5.74, 6) is -2.36. The number of rotatable bonds is 15. The van der Waals surface area contributed by atoms with E-state index in [-0.39, 0.29) is 41.9 Å². The Labute approximate surface area is 262 Å². The van der Waals surface area contributed by atoms with E-state index >= 15 is 0 Å². The number of amides is 5. The van der Waals surface area contributed by atoms with Crippen molar-refractivity contribution in [2.75, 3.05) is 13.1 Å². The topological polar surface area (TPSA) is 154 Å². The minimum Gasteiger partial charge on any atom is -0.346 e. The van der Waals surface area contributed by atoms with Crippen molar-refractivity contribution < 1.29 is 28.8 Å². The number of ketones is 2.